The van der Waals surface area contributed by atoms with Crippen molar-refractivity contribution < 1.29 is 20.1 Å². The number of hydrogen-bond acceptors (Lipinski definition) is 4. The Hall–Kier alpha value is -1.43. The summed E-state index contributed by atoms with van der Waals surface area (Å²) in [5, 5.41) is 33.4. The third-order valence-electron chi connectivity index (χ3n) is 14.2. The van der Waals surface area contributed by atoms with Crippen molar-refractivity contribution in [1.82, 2.24) is 5.32 Å². The minimum absolute atomic E-state index is 0.379. The molecular weight excluding hydrogens is 823 g/mol. The van der Waals surface area contributed by atoms with Gasteiger partial charge in [-0.05, 0) is 44.9 Å². The molecule has 5 nitrogen and oxygen atoms in total. The molecule has 0 aliphatic rings. The quantitative estimate of drug-likeness (QED) is 0.0361. The Balaban J connectivity index is 3.57. The van der Waals surface area contributed by atoms with E-state index >= 15 is 0 Å². The van der Waals surface area contributed by atoms with E-state index in [4.69, 9.17) is 0 Å². The van der Waals surface area contributed by atoms with Crippen molar-refractivity contribution in [3.63, 3.8) is 0 Å². The van der Waals surface area contributed by atoms with Gasteiger partial charge in [0, 0.05) is 0 Å². The number of amides is 1. The van der Waals surface area contributed by atoms with Crippen LogP contribution in [0, 0.1) is 0 Å². The predicted molar refractivity (Wildman–Crippen MR) is 296 cm³/mol. The fourth-order valence-electron chi connectivity index (χ4n) is 9.52. The molecule has 0 heterocycles. The standard InChI is InChI=1S/C62H119NO4/c1-3-5-7-9-11-13-15-17-19-21-23-25-27-29-30-31-32-33-35-37-39-41-43-45-47-49-51-53-55-57-61(66)62(67)63-59(58-64)60(65)56-54-52-50-48-46-44-42-40-38-36-34-28-26-24-22-20-18-16-14-12-10-8-6-4-2/h38,40,46,48,54,56,59-61,64-66H,3-37,39,41-45,47,49-53,55,57-58H2,1-2H3,(H,63,67)/b40-38+,48-46+,56-54+. The van der Waals surface area contributed by atoms with Crippen LogP contribution in [0.2, 0.25) is 0 Å². The molecule has 0 aromatic carbocycles. The van der Waals surface area contributed by atoms with Crippen LogP contribution in [0.4, 0.5) is 0 Å². The number of rotatable bonds is 56. The summed E-state index contributed by atoms with van der Waals surface area (Å²) in [4.78, 5) is 12.6. The molecule has 3 atom stereocenters. The van der Waals surface area contributed by atoms with E-state index in [1.54, 1.807) is 6.08 Å². The lowest BCUT2D eigenvalue weighted by Crippen LogP contribution is -2.48. The molecule has 396 valence electrons. The number of unbranched alkanes of at least 4 members (excludes halogenated alkanes) is 44. The summed E-state index contributed by atoms with van der Waals surface area (Å²) in [5.74, 6) is -0.511. The lowest BCUT2D eigenvalue weighted by Gasteiger charge is -2.21. The highest BCUT2D eigenvalue weighted by Crippen LogP contribution is 2.18. The largest absolute Gasteiger partial charge is 0.394 e. The molecule has 67 heavy (non-hydrogen) atoms. The molecule has 0 radical (unpaired) electrons. The average Bonchev–Trinajstić information content (AvgIpc) is 3.33. The molecule has 0 aliphatic heterocycles. The van der Waals surface area contributed by atoms with Crippen LogP contribution in [-0.2, 0) is 4.79 Å². The first-order valence-electron chi connectivity index (χ1n) is 30.3. The number of nitrogens with one attached hydrogen (secondary N) is 1. The third kappa shape index (κ3) is 52.2. The van der Waals surface area contributed by atoms with Gasteiger partial charge in [0.25, 0.3) is 0 Å². The van der Waals surface area contributed by atoms with Gasteiger partial charge >= 0.3 is 0 Å². The van der Waals surface area contributed by atoms with Gasteiger partial charge in [-0.15, -0.1) is 0 Å². The van der Waals surface area contributed by atoms with Gasteiger partial charge in [0.05, 0.1) is 18.8 Å². The van der Waals surface area contributed by atoms with Crippen LogP contribution < -0.4 is 5.32 Å². The normalized spacial score (nSPS) is 13.4. The summed E-state index contributed by atoms with van der Waals surface area (Å²) in [5.41, 5.74) is 0. The Kier molecular flexibility index (Phi) is 55.9. The first-order valence-corrected chi connectivity index (χ1v) is 30.3. The van der Waals surface area contributed by atoms with Crippen molar-refractivity contribution in [2.45, 2.75) is 347 Å². The maximum atomic E-state index is 12.6. The summed E-state index contributed by atoms with van der Waals surface area (Å²) >= 11 is 0. The average molecular weight is 943 g/mol. The number of hydrogen-bond donors (Lipinski definition) is 4. The van der Waals surface area contributed by atoms with Crippen molar-refractivity contribution in [2.24, 2.45) is 0 Å². The van der Waals surface area contributed by atoms with E-state index in [0.29, 0.717) is 6.42 Å². The summed E-state index contributed by atoms with van der Waals surface area (Å²) in [7, 11) is 0. The Bertz CT molecular complexity index is 1040. The van der Waals surface area contributed by atoms with E-state index in [9.17, 15) is 20.1 Å². The van der Waals surface area contributed by atoms with Gasteiger partial charge in [0.1, 0.15) is 6.10 Å². The molecule has 0 bridgehead atoms. The number of carbonyl (C=O) groups excluding carboxylic acids is 1. The molecule has 0 fully saturated rings. The monoisotopic (exact) mass is 942 g/mol. The number of aliphatic hydroxyl groups is 3. The van der Waals surface area contributed by atoms with Gasteiger partial charge < -0.3 is 20.6 Å². The maximum absolute atomic E-state index is 12.6. The fraction of sp³-hybridized carbons (Fsp3) is 0.887. The molecule has 0 rings (SSSR count). The summed E-state index contributed by atoms with van der Waals surface area (Å²) < 4.78 is 0. The minimum Gasteiger partial charge on any atom is -0.394 e. The second-order valence-electron chi connectivity index (χ2n) is 20.9. The van der Waals surface area contributed by atoms with Crippen LogP contribution in [0.3, 0.4) is 0 Å². The van der Waals surface area contributed by atoms with Gasteiger partial charge in [-0.3, -0.25) is 4.79 Å². The van der Waals surface area contributed by atoms with E-state index in [1.165, 1.54) is 263 Å². The van der Waals surface area contributed by atoms with E-state index in [0.717, 1.165) is 44.9 Å². The van der Waals surface area contributed by atoms with Gasteiger partial charge in [0.2, 0.25) is 5.91 Å². The molecule has 5 heteroatoms. The molecule has 0 spiro atoms. The van der Waals surface area contributed by atoms with E-state index < -0.39 is 24.2 Å². The number of carbonyl (C=O) groups is 1. The molecular formula is C62H119NO4. The zero-order valence-electron chi connectivity index (χ0n) is 45.3. The summed E-state index contributed by atoms with van der Waals surface area (Å²) in [6.45, 7) is 4.21. The Morgan fingerprint density at radius 3 is 0.910 bits per heavy atom. The molecule has 0 aromatic rings. The first kappa shape index (κ1) is 65.6. The van der Waals surface area contributed by atoms with E-state index in [1.807, 2.05) is 6.08 Å². The lowest BCUT2D eigenvalue weighted by atomic mass is 10.0. The molecule has 4 N–H and O–H groups in total. The first-order chi connectivity index (χ1) is 33.1. The molecule has 1 amide bonds. The van der Waals surface area contributed by atoms with Crippen molar-refractivity contribution in [2.75, 3.05) is 6.61 Å². The van der Waals surface area contributed by atoms with Crippen molar-refractivity contribution in [3.05, 3.63) is 36.5 Å². The SMILES string of the molecule is CCCCCCCCCCCCCCCC/C=C/CC/C=C/CC/C=C/C(O)C(CO)NC(=O)C(O)CCCCCCCCCCCCCCCCCCCCCCCCCCCCCCC. The van der Waals surface area contributed by atoms with Crippen LogP contribution in [0.5, 0.6) is 0 Å². The van der Waals surface area contributed by atoms with E-state index in [-0.39, 0.29) is 6.61 Å². The second kappa shape index (κ2) is 57.2. The summed E-state index contributed by atoms with van der Waals surface area (Å²) in [6, 6.07) is -0.821. The van der Waals surface area contributed by atoms with Crippen molar-refractivity contribution >= 4 is 5.91 Å². The molecule has 0 saturated heterocycles. The topological polar surface area (TPSA) is 89.8 Å². The van der Waals surface area contributed by atoms with Crippen LogP contribution in [0.25, 0.3) is 0 Å². The Labute approximate surface area is 419 Å². The number of allylic oxidation sites excluding steroid dienone is 5. The van der Waals surface area contributed by atoms with Crippen molar-refractivity contribution in [1.29, 1.82) is 0 Å². The molecule has 0 saturated carbocycles. The zero-order chi connectivity index (χ0) is 48.6. The fourth-order valence-corrected chi connectivity index (χ4v) is 9.52. The summed E-state index contributed by atoms with van der Waals surface area (Å²) in [6.07, 6.45) is 75.3. The highest BCUT2D eigenvalue weighted by molar-refractivity contribution is 5.80. The Morgan fingerprint density at radius 2 is 0.612 bits per heavy atom. The third-order valence-corrected chi connectivity index (χ3v) is 14.2. The van der Waals surface area contributed by atoms with Crippen LogP contribution in [0.1, 0.15) is 328 Å². The molecule has 0 aliphatic carbocycles. The van der Waals surface area contributed by atoms with Gasteiger partial charge in [-0.25, -0.2) is 0 Å². The lowest BCUT2D eigenvalue weighted by molar-refractivity contribution is -0.131. The highest BCUT2D eigenvalue weighted by Gasteiger charge is 2.22. The number of aliphatic hydroxyl groups excluding tert-OH is 3. The van der Waals surface area contributed by atoms with Crippen LogP contribution in [0.15, 0.2) is 36.5 Å². The minimum atomic E-state index is -1.11. The Morgan fingerprint density at radius 1 is 0.358 bits per heavy atom. The smallest absolute Gasteiger partial charge is 0.249 e. The predicted octanol–water partition coefficient (Wildman–Crippen LogP) is 19.0. The molecule has 3 unspecified atom stereocenters. The highest BCUT2D eigenvalue weighted by atomic mass is 16.3. The van der Waals surface area contributed by atoms with Gasteiger partial charge in [-0.1, -0.05) is 320 Å². The molecule has 0 aromatic heterocycles. The van der Waals surface area contributed by atoms with E-state index in [2.05, 4.69) is 43.5 Å². The van der Waals surface area contributed by atoms with Crippen LogP contribution in [-0.4, -0.2) is 46.1 Å². The van der Waals surface area contributed by atoms with Gasteiger partial charge in [0.15, 0.2) is 0 Å². The zero-order valence-corrected chi connectivity index (χ0v) is 45.3. The second-order valence-corrected chi connectivity index (χ2v) is 20.9. The maximum Gasteiger partial charge on any atom is 0.249 e. The van der Waals surface area contributed by atoms with Crippen LogP contribution >= 0.6 is 0 Å². The van der Waals surface area contributed by atoms with Crippen molar-refractivity contribution in [3.8, 4) is 0 Å². The van der Waals surface area contributed by atoms with Gasteiger partial charge in [-0.2, -0.15) is 0 Å².